The number of pyridine rings is 1. The maximum Gasteiger partial charge on any atom is 0.246 e. The monoisotopic (exact) mass is 307 g/mol. The van der Waals surface area contributed by atoms with Crippen LogP contribution in [-0.4, -0.2) is 58.8 Å². The smallest absolute Gasteiger partial charge is 0.246 e. The maximum atomic E-state index is 12.3. The molecule has 7 nitrogen and oxygen atoms in total. The quantitative estimate of drug-likeness (QED) is 0.781. The van der Waals surface area contributed by atoms with Gasteiger partial charge in [0.1, 0.15) is 14.7 Å². The lowest BCUT2D eigenvalue weighted by atomic mass is 10.4. The molecule has 1 aromatic heterocycles. The van der Waals surface area contributed by atoms with E-state index in [4.69, 9.17) is 0 Å². The standard InChI is InChI=1S/C10H17N3O4S2/c1-11-9-4-5-12-8-10(9)19(16,17)13(2)6-7-18(3,14)15/h4-5,8H,6-7H2,1-3H3,(H,11,12). The van der Waals surface area contributed by atoms with Crippen molar-refractivity contribution < 1.29 is 16.8 Å². The van der Waals surface area contributed by atoms with E-state index in [0.717, 1.165) is 10.6 Å². The van der Waals surface area contributed by atoms with Gasteiger partial charge in [-0.2, -0.15) is 4.31 Å². The predicted octanol–water partition coefficient (Wildman–Crippen LogP) is -0.212. The highest BCUT2D eigenvalue weighted by Gasteiger charge is 2.24. The highest BCUT2D eigenvalue weighted by molar-refractivity contribution is 7.91. The van der Waals surface area contributed by atoms with Gasteiger partial charge in [-0.3, -0.25) is 4.98 Å². The molecule has 0 bridgehead atoms. The number of nitrogens with one attached hydrogen (secondary N) is 1. The van der Waals surface area contributed by atoms with Gasteiger partial charge in [0.25, 0.3) is 0 Å². The third-order valence-corrected chi connectivity index (χ3v) is 5.33. The first kappa shape index (κ1) is 15.9. The lowest BCUT2D eigenvalue weighted by Gasteiger charge is -2.18. The fourth-order valence-corrected chi connectivity index (χ4v) is 3.41. The zero-order valence-corrected chi connectivity index (χ0v) is 12.6. The molecule has 0 amide bonds. The summed E-state index contributed by atoms with van der Waals surface area (Å²) in [6.45, 7) is -0.0980. The molecule has 0 spiro atoms. The van der Waals surface area contributed by atoms with Crippen LogP contribution in [0.4, 0.5) is 5.69 Å². The predicted molar refractivity (Wildman–Crippen MR) is 73.3 cm³/mol. The largest absolute Gasteiger partial charge is 0.387 e. The maximum absolute atomic E-state index is 12.3. The molecular formula is C10H17N3O4S2. The first-order chi connectivity index (χ1) is 8.68. The Morgan fingerprint density at radius 1 is 1.32 bits per heavy atom. The van der Waals surface area contributed by atoms with Crippen LogP contribution in [0.5, 0.6) is 0 Å². The second-order valence-corrected chi connectivity index (χ2v) is 8.35. The van der Waals surface area contributed by atoms with Gasteiger partial charge in [-0.15, -0.1) is 0 Å². The van der Waals surface area contributed by atoms with Gasteiger partial charge in [0.15, 0.2) is 0 Å². The molecule has 0 saturated heterocycles. The summed E-state index contributed by atoms with van der Waals surface area (Å²) in [4.78, 5) is 3.81. The van der Waals surface area contributed by atoms with Gasteiger partial charge in [0.05, 0.1) is 11.4 Å². The molecule has 0 aliphatic heterocycles. The number of sulfone groups is 1. The van der Waals surface area contributed by atoms with E-state index in [1.807, 2.05) is 0 Å². The first-order valence-corrected chi connectivity index (χ1v) is 8.94. The minimum Gasteiger partial charge on any atom is -0.387 e. The van der Waals surface area contributed by atoms with Crippen LogP contribution < -0.4 is 5.32 Å². The highest BCUT2D eigenvalue weighted by Crippen LogP contribution is 2.21. The lowest BCUT2D eigenvalue weighted by molar-refractivity contribution is 0.485. The van der Waals surface area contributed by atoms with Crippen LogP contribution in [0.2, 0.25) is 0 Å². The molecule has 0 unspecified atom stereocenters. The molecule has 0 atom stereocenters. The fourth-order valence-electron chi connectivity index (χ4n) is 1.37. The van der Waals surface area contributed by atoms with E-state index >= 15 is 0 Å². The van der Waals surface area contributed by atoms with Crippen molar-refractivity contribution in [3.63, 3.8) is 0 Å². The van der Waals surface area contributed by atoms with Gasteiger partial charge < -0.3 is 5.32 Å². The lowest BCUT2D eigenvalue weighted by Crippen LogP contribution is -2.32. The Labute approximate surface area is 113 Å². The number of aromatic nitrogens is 1. The number of hydrogen-bond acceptors (Lipinski definition) is 6. The minimum atomic E-state index is -3.76. The summed E-state index contributed by atoms with van der Waals surface area (Å²) in [5, 5.41) is 2.76. The molecule has 0 aliphatic carbocycles. The van der Waals surface area contributed by atoms with Crippen LogP contribution in [0.15, 0.2) is 23.4 Å². The molecule has 19 heavy (non-hydrogen) atoms. The Balaban J connectivity index is 3.03. The van der Waals surface area contributed by atoms with Gasteiger partial charge in [-0.05, 0) is 6.07 Å². The van der Waals surface area contributed by atoms with Gasteiger partial charge in [-0.1, -0.05) is 0 Å². The molecule has 0 aromatic carbocycles. The van der Waals surface area contributed by atoms with Crippen LogP contribution in [0.25, 0.3) is 0 Å². The fraction of sp³-hybridized carbons (Fsp3) is 0.500. The van der Waals surface area contributed by atoms with E-state index in [0.29, 0.717) is 5.69 Å². The summed E-state index contributed by atoms with van der Waals surface area (Å²) in [5.41, 5.74) is 0.418. The zero-order chi connectivity index (χ0) is 14.7. The van der Waals surface area contributed by atoms with E-state index in [1.165, 1.54) is 25.5 Å². The van der Waals surface area contributed by atoms with Crippen molar-refractivity contribution in [1.29, 1.82) is 0 Å². The summed E-state index contributed by atoms with van der Waals surface area (Å²) < 4.78 is 47.7. The van der Waals surface area contributed by atoms with E-state index in [-0.39, 0.29) is 17.2 Å². The summed E-state index contributed by atoms with van der Waals surface area (Å²) in [7, 11) is -4.03. The SMILES string of the molecule is CNc1ccncc1S(=O)(=O)N(C)CCS(C)(=O)=O. The summed E-state index contributed by atoms with van der Waals surface area (Å²) in [6, 6.07) is 1.54. The number of anilines is 1. The van der Waals surface area contributed by atoms with Crippen molar-refractivity contribution in [3.05, 3.63) is 18.5 Å². The zero-order valence-electron chi connectivity index (χ0n) is 11.0. The van der Waals surface area contributed by atoms with Crippen molar-refractivity contribution in [2.75, 3.05) is 38.0 Å². The third kappa shape index (κ3) is 4.15. The molecule has 0 aliphatic rings. The molecule has 1 heterocycles. The van der Waals surface area contributed by atoms with Crippen molar-refractivity contribution in [2.24, 2.45) is 0 Å². The van der Waals surface area contributed by atoms with Crippen LogP contribution in [0.1, 0.15) is 0 Å². The van der Waals surface area contributed by atoms with Gasteiger partial charge in [-0.25, -0.2) is 16.8 Å². The Kier molecular flexibility index (Phi) is 4.88. The van der Waals surface area contributed by atoms with Gasteiger partial charge >= 0.3 is 0 Å². The number of hydrogen-bond donors (Lipinski definition) is 1. The molecule has 0 radical (unpaired) electrons. The third-order valence-electron chi connectivity index (χ3n) is 2.52. The topological polar surface area (TPSA) is 96.4 Å². The van der Waals surface area contributed by atoms with Gasteiger partial charge in [0, 0.05) is 39.3 Å². The normalized spacial score (nSPS) is 12.6. The molecule has 1 N–H and O–H groups in total. The van der Waals surface area contributed by atoms with Crippen molar-refractivity contribution in [1.82, 2.24) is 9.29 Å². The summed E-state index contributed by atoms with van der Waals surface area (Å²) >= 11 is 0. The summed E-state index contributed by atoms with van der Waals surface area (Å²) in [5.74, 6) is -0.224. The minimum absolute atomic E-state index is 0.0218. The van der Waals surface area contributed by atoms with E-state index in [2.05, 4.69) is 10.3 Å². The average molecular weight is 307 g/mol. The molecule has 0 fully saturated rings. The number of rotatable bonds is 6. The van der Waals surface area contributed by atoms with Crippen molar-refractivity contribution in [2.45, 2.75) is 4.90 Å². The average Bonchev–Trinajstić information content (AvgIpc) is 2.34. The molecule has 1 aromatic rings. The molecule has 9 heteroatoms. The second kappa shape index (κ2) is 5.85. The van der Waals surface area contributed by atoms with Crippen LogP contribution >= 0.6 is 0 Å². The van der Waals surface area contributed by atoms with Crippen LogP contribution in [0.3, 0.4) is 0 Å². The summed E-state index contributed by atoms with van der Waals surface area (Å²) in [6.07, 6.45) is 3.77. The Morgan fingerprint density at radius 3 is 2.47 bits per heavy atom. The van der Waals surface area contributed by atoms with Crippen molar-refractivity contribution >= 4 is 25.5 Å². The molecule has 108 valence electrons. The van der Waals surface area contributed by atoms with Gasteiger partial charge in [0.2, 0.25) is 10.0 Å². The van der Waals surface area contributed by atoms with Crippen molar-refractivity contribution in [3.8, 4) is 0 Å². The number of nitrogens with zero attached hydrogens (tertiary/aromatic N) is 2. The Bertz CT molecular complexity index is 640. The second-order valence-electron chi connectivity index (χ2n) is 4.08. The number of sulfonamides is 1. The first-order valence-electron chi connectivity index (χ1n) is 5.44. The van der Waals surface area contributed by atoms with E-state index in [1.54, 1.807) is 7.05 Å². The Hall–Kier alpha value is -1.19. The van der Waals surface area contributed by atoms with E-state index in [9.17, 15) is 16.8 Å². The van der Waals surface area contributed by atoms with E-state index < -0.39 is 19.9 Å². The van der Waals surface area contributed by atoms with Crippen LogP contribution in [-0.2, 0) is 19.9 Å². The Morgan fingerprint density at radius 2 is 1.95 bits per heavy atom. The molecular weight excluding hydrogens is 290 g/mol. The molecule has 1 rings (SSSR count). The van der Waals surface area contributed by atoms with Crippen LogP contribution in [0, 0.1) is 0 Å². The highest BCUT2D eigenvalue weighted by atomic mass is 32.2. The molecule has 0 saturated carbocycles.